The molecule has 0 unspecified atom stereocenters. The van der Waals surface area contributed by atoms with Crippen molar-refractivity contribution in [2.45, 2.75) is 13.8 Å². The van der Waals surface area contributed by atoms with Crippen molar-refractivity contribution in [1.82, 2.24) is 0 Å². The molecule has 12 rings (SSSR count). The Morgan fingerprint density at radius 3 is 1.50 bits per heavy atom. The summed E-state index contributed by atoms with van der Waals surface area (Å²) in [5.41, 5.74) is 19.9. The Hall–Kier alpha value is -7.68. The molecular formula is C58H39NO. The predicted molar refractivity (Wildman–Crippen MR) is 254 cm³/mol. The van der Waals surface area contributed by atoms with Crippen LogP contribution in [-0.4, -0.2) is 0 Å². The van der Waals surface area contributed by atoms with E-state index in [1.54, 1.807) is 0 Å². The molecule has 1 aliphatic carbocycles. The van der Waals surface area contributed by atoms with Crippen LogP contribution >= 0.6 is 0 Å². The highest BCUT2D eigenvalue weighted by molar-refractivity contribution is 6.14. The maximum absolute atomic E-state index is 6.78. The quantitative estimate of drug-likeness (QED) is 0.168. The van der Waals surface area contributed by atoms with Crippen LogP contribution in [0.2, 0.25) is 0 Å². The lowest BCUT2D eigenvalue weighted by atomic mass is 9.77. The SMILES string of the molecule is Cc1ccc(-c2ccccc2)cc1N(c1ccc2cc3c(cc2c1)-c1cc2cc(-c4ccccc4)c(-c4ccccc4)cc2cc1-3)c1c(C)ccc2c1oc1ccccc12. The molecular weight excluding hydrogens is 727 g/mol. The second-order valence-electron chi connectivity index (χ2n) is 16.2. The fourth-order valence-corrected chi connectivity index (χ4v) is 9.52. The zero-order valence-electron chi connectivity index (χ0n) is 33.4. The van der Waals surface area contributed by atoms with Gasteiger partial charge in [-0.05, 0) is 163 Å². The van der Waals surface area contributed by atoms with Crippen molar-refractivity contribution in [3.63, 3.8) is 0 Å². The van der Waals surface area contributed by atoms with E-state index in [1.165, 1.54) is 82.7 Å². The Morgan fingerprint density at radius 1 is 0.350 bits per heavy atom. The molecule has 0 fully saturated rings. The number of hydrogen-bond donors (Lipinski definition) is 0. The molecule has 1 aliphatic rings. The van der Waals surface area contributed by atoms with Crippen LogP contribution in [0, 0.1) is 13.8 Å². The Balaban J connectivity index is 1.03. The van der Waals surface area contributed by atoms with Crippen LogP contribution in [0.3, 0.4) is 0 Å². The molecule has 282 valence electrons. The van der Waals surface area contributed by atoms with Gasteiger partial charge in [0.15, 0.2) is 5.58 Å². The number of fused-ring (bicyclic) bond motifs is 9. The van der Waals surface area contributed by atoms with E-state index in [0.29, 0.717) is 0 Å². The van der Waals surface area contributed by atoms with Gasteiger partial charge in [-0.2, -0.15) is 0 Å². The highest BCUT2D eigenvalue weighted by atomic mass is 16.3. The van der Waals surface area contributed by atoms with Crippen LogP contribution < -0.4 is 4.90 Å². The zero-order chi connectivity index (χ0) is 39.9. The smallest absolute Gasteiger partial charge is 0.159 e. The molecule has 0 atom stereocenters. The Bertz CT molecular complexity index is 3490. The van der Waals surface area contributed by atoms with E-state index in [0.717, 1.165) is 44.6 Å². The summed E-state index contributed by atoms with van der Waals surface area (Å²) in [5, 5.41) is 7.18. The fraction of sp³-hybridized carbons (Fsp3) is 0.0345. The lowest BCUT2D eigenvalue weighted by Crippen LogP contribution is -2.13. The van der Waals surface area contributed by atoms with Gasteiger partial charge < -0.3 is 9.32 Å². The van der Waals surface area contributed by atoms with Gasteiger partial charge >= 0.3 is 0 Å². The first-order valence-electron chi connectivity index (χ1n) is 20.7. The van der Waals surface area contributed by atoms with Crippen molar-refractivity contribution in [3.05, 3.63) is 211 Å². The highest BCUT2D eigenvalue weighted by Crippen LogP contribution is 2.52. The van der Waals surface area contributed by atoms with Gasteiger partial charge in [0.2, 0.25) is 0 Å². The third kappa shape index (κ3) is 5.42. The molecule has 0 spiro atoms. The minimum Gasteiger partial charge on any atom is -0.454 e. The molecule has 11 aromatic rings. The normalized spacial score (nSPS) is 11.8. The van der Waals surface area contributed by atoms with E-state index in [4.69, 9.17) is 4.42 Å². The molecule has 0 amide bonds. The van der Waals surface area contributed by atoms with Gasteiger partial charge in [0.25, 0.3) is 0 Å². The number of para-hydroxylation sites is 1. The summed E-state index contributed by atoms with van der Waals surface area (Å²) in [4.78, 5) is 2.43. The van der Waals surface area contributed by atoms with Crippen LogP contribution in [0.25, 0.3) is 99.1 Å². The van der Waals surface area contributed by atoms with Gasteiger partial charge in [0.1, 0.15) is 5.58 Å². The van der Waals surface area contributed by atoms with Crippen molar-refractivity contribution < 1.29 is 4.42 Å². The number of aryl methyl sites for hydroxylation is 2. The van der Waals surface area contributed by atoms with E-state index in [-0.39, 0.29) is 0 Å². The summed E-state index contributed by atoms with van der Waals surface area (Å²) in [6.45, 7) is 4.41. The molecule has 0 saturated carbocycles. The minimum atomic E-state index is 0.893. The van der Waals surface area contributed by atoms with E-state index < -0.39 is 0 Å². The summed E-state index contributed by atoms with van der Waals surface area (Å²) in [5.74, 6) is 0. The average molecular weight is 766 g/mol. The van der Waals surface area contributed by atoms with E-state index in [9.17, 15) is 0 Å². The summed E-state index contributed by atoms with van der Waals surface area (Å²) < 4.78 is 6.78. The monoisotopic (exact) mass is 765 g/mol. The molecule has 1 heterocycles. The zero-order valence-corrected chi connectivity index (χ0v) is 33.4. The van der Waals surface area contributed by atoms with E-state index in [2.05, 4.69) is 213 Å². The van der Waals surface area contributed by atoms with Crippen molar-refractivity contribution in [3.8, 4) is 55.6 Å². The molecule has 60 heavy (non-hydrogen) atoms. The van der Waals surface area contributed by atoms with Crippen LogP contribution in [-0.2, 0) is 0 Å². The van der Waals surface area contributed by atoms with Crippen molar-refractivity contribution in [2.75, 3.05) is 4.90 Å². The topological polar surface area (TPSA) is 16.4 Å². The average Bonchev–Trinajstić information content (AvgIpc) is 3.68. The summed E-state index contributed by atoms with van der Waals surface area (Å²) in [6, 6.07) is 73.1. The standard InChI is InChI=1S/C58H39NO/c1-36-22-24-42(38-14-6-3-7-15-38)35-55(36)59(57-37(2)23-27-48-47-20-12-13-21-56(47)60-58(48)57)46-26-25-41-29-51-52(32-43(41)28-46)54-34-45-31-50(40-18-10-5-11-19-40)49(30-44(45)33-53(51)54)39-16-8-4-9-17-39/h3-35H,1-2H3. The second-order valence-corrected chi connectivity index (χ2v) is 16.2. The second kappa shape index (κ2) is 13.4. The Labute approximate surface area is 349 Å². The third-order valence-corrected chi connectivity index (χ3v) is 12.6. The number of nitrogens with zero attached hydrogens (tertiary/aromatic N) is 1. The number of rotatable bonds is 6. The van der Waals surface area contributed by atoms with E-state index >= 15 is 0 Å². The van der Waals surface area contributed by atoms with Crippen molar-refractivity contribution in [2.24, 2.45) is 0 Å². The van der Waals surface area contributed by atoms with E-state index in [1.807, 2.05) is 6.07 Å². The minimum absolute atomic E-state index is 0.893. The summed E-state index contributed by atoms with van der Waals surface area (Å²) in [6.07, 6.45) is 0. The molecule has 0 bridgehead atoms. The largest absolute Gasteiger partial charge is 0.454 e. The first kappa shape index (κ1) is 34.4. The third-order valence-electron chi connectivity index (χ3n) is 12.6. The molecule has 0 N–H and O–H groups in total. The first-order valence-corrected chi connectivity index (χ1v) is 20.7. The molecule has 2 nitrogen and oxygen atoms in total. The van der Waals surface area contributed by atoms with Crippen LogP contribution in [0.15, 0.2) is 205 Å². The van der Waals surface area contributed by atoms with Crippen LogP contribution in [0.4, 0.5) is 17.1 Å². The fourth-order valence-electron chi connectivity index (χ4n) is 9.52. The van der Waals surface area contributed by atoms with Gasteiger partial charge in [0.05, 0.1) is 5.69 Å². The van der Waals surface area contributed by atoms with Crippen LogP contribution in [0.1, 0.15) is 11.1 Å². The summed E-state index contributed by atoms with van der Waals surface area (Å²) >= 11 is 0. The molecule has 0 saturated heterocycles. The van der Waals surface area contributed by atoms with Gasteiger partial charge in [-0.15, -0.1) is 0 Å². The summed E-state index contributed by atoms with van der Waals surface area (Å²) in [7, 11) is 0. The maximum Gasteiger partial charge on any atom is 0.159 e. The van der Waals surface area contributed by atoms with Gasteiger partial charge in [0, 0.05) is 22.1 Å². The molecule has 0 radical (unpaired) electrons. The Morgan fingerprint density at radius 2 is 0.867 bits per heavy atom. The molecule has 10 aromatic carbocycles. The van der Waals surface area contributed by atoms with Crippen LogP contribution in [0.5, 0.6) is 0 Å². The lowest BCUT2D eigenvalue weighted by molar-refractivity contribution is 0.668. The molecule has 1 aromatic heterocycles. The number of benzene rings is 10. The molecule has 0 aliphatic heterocycles. The van der Waals surface area contributed by atoms with Crippen molar-refractivity contribution in [1.29, 1.82) is 0 Å². The molecule has 2 heteroatoms. The Kier molecular flexibility index (Phi) is 7.70. The lowest BCUT2D eigenvalue weighted by Gasteiger charge is -2.30. The number of hydrogen-bond acceptors (Lipinski definition) is 2. The number of anilines is 3. The van der Waals surface area contributed by atoms with Gasteiger partial charge in [-0.25, -0.2) is 0 Å². The first-order chi connectivity index (χ1) is 29.6. The maximum atomic E-state index is 6.78. The van der Waals surface area contributed by atoms with Gasteiger partial charge in [-0.3, -0.25) is 0 Å². The predicted octanol–water partition coefficient (Wildman–Crippen LogP) is 16.6. The van der Waals surface area contributed by atoms with Gasteiger partial charge in [-0.1, -0.05) is 140 Å². The van der Waals surface area contributed by atoms with Crippen molar-refractivity contribution >= 4 is 60.5 Å². The number of furan rings is 1. The highest BCUT2D eigenvalue weighted by Gasteiger charge is 2.27.